The number of amides is 2. The Labute approximate surface area is 419 Å². The molecule has 3 aliphatic rings. The lowest BCUT2D eigenvalue weighted by molar-refractivity contribution is -0.696. The van der Waals surface area contributed by atoms with Crippen LogP contribution in [-0.4, -0.2) is 56.3 Å². The number of aliphatic carboxylic acids is 1. The van der Waals surface area contributed by atoms with Gasteiger partial charge < -0.3 is 15.3 Å². The Kier molecular flexibility index (Phi) is 13.5. The molecule has 5 heterocycles. The molecule has 7 aromatic rings. The molecule has 2 N–H and O–H groups in total. The summed E-state index contributed by atoms with van der Waals surface area (Å²) in [6.45, 7) is 0.962. The van der Waals surface area contributed by atoms with E-state index in [0.717, 1.165) is 59.0 Å². The number of benzene rings is 4. The molecule has 70 heavy (non-hydrogen) atoms. The van der Waals surface area contributed by atoms with Crippen molar-refractivity contribution in [3.63, 3.8) is 0 Å². The Morgan fingerprint density at radius 1 is 0.800 bits per heavy atom. The number of aryl methyl sites for hydroxylation is 1. The molecular weight excluding hydrogens is 933 g/mol. The summed E-state index contributed by atoms with van der Waals surface area (Å²) >= 11 is 7.83. The van der Waals surface area contributed by atoms with E-state index in [4.69, 9.17) is 17.3 Å². The highest BCUT2D eigenvalue weighted by molar-refractivity contribution is 8.30. The molecule has 1 saturated heterocycles. The van der Waals surface area contributed by atoms with Crippen LogP contribution in [0.1, 0.15) is 59.4 Å². The van der Waals surface area contributed by atoms with Crippen molar-refractivity contribution in [3.05, 3.63) is 200 Å². The van der Waals surface area contributed by atoms with Crippen LogP contribution in [0.25, 0.3) is 33.8 Å². The lowest BCUT2D eigenvalue weighted by Gasteiger charge is -2.27. The Morgan fingerprint density at radius 3 is 2.04 bits per heavy atom. The maximum Gasteiger partial charge on any atom is 0.309 e. The number of pyridine rings is 2. The van der Waals surface area contributed by atoms with Gasteiger partial charge in [-0.05, 0) is 93.8 Å². The van der Waals surface area contributed by atoms with E-state index in [0.29, 0.717) is 50.0 Å². The highest BCUT2D eigenvalue weighted by Crippen LogP contribution is 2.52. The van der Waals surface area contributed by atoms with Crippen LogP contribution in [0.3, 0.4) is 0 Å². The van der Waals surface area contributed by atoms with Gasteiger partial charge in [-0.15, -0.1) is 11.3 Å². The van der Waals surface area contributed by atoms with Crippen LogP contribution < -0.4 is 34.1 Å². The number of carbonyl (C=O) groups excluding carboxylic acids is 2. The van der Waals surface area contributed by atoms with Gasteiger partial charge in [-0.2, -0.15) is 0 Å². The number of rotatable bonds is 14. The maximum atomic E-state index is 14.3. The third-order valence-corrected chi connectivity index (χ3v) is 16.0. The molecule has 4 aromatic carbocycles. The van der Waals surface area contributed by atoms with Crippen molar-refractivity contribution in [1.29, 1.82) is 0 Å². The quantitative estimate of drug-likeness (QED) is 0.0666. The fourth-order valence-corrected chi connectivity index (χ4v) is 12.1. The number of hydrogen-bond acceptors (Lipinski definition) is 8. The number of nitrogens with one attached hydrogen (secondary N) is 1. The molecule has 1 saturated carbocycles. The molecule has 2 atom stereocenters. The lowest BCUT2D eigenvalue weighted by atomic mass is 9.95. The fraction of sp³-hybridized carbons (Fsp3) is 0.196. The number of nitrogens with zero attached hydrogens (tertiary/aromatic N) is 5. The second-order valence-electron chi connectivity index (χ2n) is 17.7. The number of hydrogen-bond donors (Lipinski definition) is 2. The normalized spacial score (nSPS) is 17.2. The van der Waals surface area contributed by atoms with Gasteiger partial charge in [0.25, 0.3) is 11.5 Å². The highest BCUT2D eigenvalue weighted by atomic mass is 32.2. The fourth-order valence-electron chi connectivity index (χ4n) is 9.67. The average Bonchev–Trinajstić information content (AvgIpc) is 4.13. The standard InChI is InChI=1S/C56H48N6O5S3/c1-58-54(67)52(70-56(58)68)55-61(36-50(63)57-26-32-60-29-23-40(24-30-60)39-21-27-59(28-22-39)31-25-51(64)65)53(66)49(69-55)35-38-17-20-48-46(34-38)44-13-8-14-47(44)62(48)43-18-15-37(16-19-43)33-45(41-9-4-2-5-10-41)42-11-6-3-7-12-42/h2-7,9-12,15-24,27-30,33-35,44,47H,8,13-14,25-26,31-32,36H2,1H3/p+2/b49-35?,55-52+. The van der Waals surface area contributed by atoms with Gasteiger partial charge in [-0.1, -0.05) is 109 Å². The van der Waals surface area contributed by atoms with E-state index >= 15 is 0 Å². The van der Waals surface area contributed by atoms with Crippen molar-refractivity contribution in [2.24, 2.45) is 0 Å². The van der Waals surface area contributed by atoms with Crippen LogP contribution in [0.5, 0.6) is 0 Å². The van der Waals surface area contributed by atoms with Gasteiger partial charge in [0.15, 0.2) is 37.9 Å². The van der Waals surface area contributed by atoms with E-state index < -0.39 is 5.97 Å². The molecule has 0 radical (unpaired) electrons. The molecule has 2 amide bonds. The molecule has 10 rings (SSSR count). The number of carboxylic acids is 1. The zero-order valence-corrected chi connectivity index (χ0v) is 40.9. The van der Waals surface area contributed by atoms with Crippen LogP contribution in [0, 0.1) is 0 Å². The third-order valence-electron chi connectivity index (χ3n) is 13.2. The van der Waals surface area contributed by atoms with E-state index in [1.54, 1.807) is 7.05 Å². The number of thiocarbonyl (C=S) groups is 1. The van der Waals surface area contributed by atoms with Crippen LogP contribution >= 0.6 is 35.3 Å². The second-order valence-corrected chi connectivity index (χ2v) is 20.4. The first-order valence-electron chi connectivity index (χ1n) is 23.4. The minimum atomic E-state index is -0.837. The van der Waals surface area contributed by atoms with E-state index in [1.807, 2.05) is 76.4 Å². The molecule has 2 aliphatic heterocycles. The topological polar surface area (TPSA) is 120 Å². The number of aromatic nitrogens is 3. The maximum absolute atomic E-state index is 14.3. The SMILES string of the molecule is CN1C(=O)/C(=c2\sc(=Cc3ccc4c(c3)C3CCCC3N4c3ccc(C=C(c4ccccc4)c4ccccc4)cc3)c(=O)n2CC(=O)NCC[n+]2ccc(-c3cc[n+](CCC(=O)O)cc3)cc2)SC1=S. The first-order chi connectivity index (χ1) is 34.1. The number of fused-ring (bicyclic) bond motifs is 3. The van der Waals surface area contributed by atoms with Crippen molar-refractivity contribution in [3.8, 4) is 11.1 Å². The van der Waals surface area contributed by atoms with Crippen molar-refractivity contribution < 1.29 is 28.6 Å². The molecule has 3 aromatic heterocycles. The predicted octanol–water partition coefficient (Wildman–Crippen LogP) is 7.25. The monoisotopic (exact) mass is 982 g/mol. The van der Waals surface area contributed by atoms with Gasteiger partial charge >= 0.3 is 5.97 Å². The molecule has 2 fully saturated rings. The Hall–Kier alpha value is -7.26. The van der Waals surface area contributed by atoms with Crippen molar-refractivity contribution in [1.82, 2.24) is 14.8 Å². The third kappa shape index (κ3) is 9.80. The number of thioether (sulfide) groups is 1. The Balaban J connectivity index is 0.876. The number of carboxylic acid groups (broad SMARTS) is 1. The van der Waals surface area contributed by atoms with E-state index in [1.165, 1.54) is 48.8 Å². The van der Waals surface area contributed by atoms with E-state index in [9.17, 15) is 19.2 Å². The average molecular weight is 983 g/mol. The summed E-state index contributed by atoms with van der Waals surface area (Å²) in [5.41, 5.74) is 10.8. The largest absolute Gasteiger partial charge is 0.481 e. The Morgan fingerprint density at radius 2 is 1.43 bits per heavy atom. The molecule has 11 nitrogen and oxygen atoms in total. The van der Waals surface area contributed by atoms with Gasteiger partial charge in [0.1, 0.15) is 26.9 Å². The second kappa shape index (κ2) is 20.4. The van der Waals surface area contributed by atoms with Gasteiger partial charge in [-0.3, -0.25) is 28.6 Å². The number of carbonyl (C=O) groups is 3. The van der Waals surface area contributed by atoms with Crippen LogP contribution in [0.4, 0.5) is 11.4 Å². The first-order valence-corrected chi connectivity index (χ1v) is 25.4. The first kappa shape index (κ1) is 46.5. The summed E-state index contributed by atoms with van der Waals surface area (Å²) in [6.07, 6.45) is 15.1. The van der Waals surface area contributed by atoms with E-state index in [2.05, 4.69) is 107 Å². The summed E-state index contributed by atoms with van der Waals surface area (Å²) in [4.78, 5) is 56.5. The summed E-state index contributed by atoms with van der Waals surface area (Å²) in [6, 6.07) is 44.5. The van der Waals surface area contributed by atoms with Gasteiger partial charge in [0.2, 0.25) is 5.91 Å². The molecule has 2 unspecified atom stereocenters. The molecule has 0 bridgehead atoms. The van der Waals surface area contributed by atoms with Crippen LogP contribution in [-0.2, 0) is 34.0 Å². The molecule has 1 aliphatic carbocycles. The molecule has 14 heteroatoms. The zero-order chi connectivity index (χ0) is 48.3. The van der Waals surface area contributed by atoms with Crippen molar-refractivity contribution in [2.45, 2.75) is 57.3 Å². The van der Waals surface area contributed by atoms with Crippen molar-refractivity contribution >= 4 is 91.4 Å². The summed E-state index contributed by atoms with van der Waals surface area (Å²) in [7, 11) is 1.62. The molecular formula is C56H50N6O5S3+2. The minimum Gasteiger partial charge on any atom is -0.481 e. The zero-order valence-electron chi connectivity index (χ0n) is 38.4. The number of anilines is 2. The summed E-state index contributed by atoms with van der Waals surface area (Å²) < 4.78 is 6.44. The van der Waals surface area contributed by atoms with Crippen molar-refractivity contribution in [2.75, 3.05) is 18.5 Å². The smallest absolute Gasteiger partial charge is 0.309 e. The molecule has 350 valence electrons. The lowest BCUT2D eigenvalue weighted by Crippen LogP contribution is -2.43. The summed E-state index contributed by atoms with van der Waals surface area (Å²) in [5, 5.41) is 11.9. The number of thiazole rings is 1. The van der Waals surface area contributed by atoms with Gasteiger partial charge in [0.05, 0.1) is 11.1 Å². The molecule has 0 spiro atoms. The van der Waals surface area contributed by atoms with Gasteiger partial charge in [0, 0.05) is 54.6 Å². The Bertz CT molecular complexity index is 3310. The van der Waals surface area contributed by atoms with Crippen LogP contribution in [0.15, 0.2) is 157 Å². The minimum absolute atomic E-state index is 0.0568. The predicted molar refractivity (Wildman–Crippen MR) is 281 cm³/mol. The van der Waals surface area contributed by atoms with Crippen LogP contribution in [0.2, 0.25) is 0 Å². The van der Waals surface area contributed by atoms with E-state index in [-0.39, 0.29) is 30.3 Å². The highest BCUT2D eigenvalue weighted by Gasteiger charge is 2.42. The summed E-state index contributed by atoms with van der Waals surface area (Å²) in [5.74, 6) is -1.13. The van der Waals surface area contributed by atoms with Gasteiger partial charge in [-0.25, -0.2) is 9.13 Å².